The summed E-state index contributed by atoms with van der Waals surface area (Å²) in [5.74, 6) is -4.73. The first-order chi connectivity index (χ1) is 19.3. The van der Waals surface area contributed by atoms with Gasteiger partial charge in [0, 0.05) is 29.6 Å². The minimum absolute atomic E-state index is 0.0115. The molecular formula is C31H27N3O6. The molecule has 4 unspecified atom stereocenters. The van der Waals surface area contributed by atoms with E-state index in [0.29, 0.717) is 11.1 Å². The lowest BCUT2D eigenvalue weighted by molar-refractivity contribution is -0.151. The van der Waals surface area contributed by atoms with Gasteiger partial charge in [0.25, 0.3) is 0 Å². The zero-order chi connectivity index (χ0) is 28.0. The number of rotatable bonds is 7. The van der Waals surface area contributed by atoms with Crippen LogP contribution in [-0.2, 0) is 32.1 Å². The second-order valence-electron chi connectivity index (χ2n) is 10.3. The fourth-order valence-electron chi connectivity index (χ4n) is 6.23. The Bertz CT molecular complexity index is 1630. The topological polar surface area (TPSA) is 129 Å². The van der Waals surface area contributed by atoms with Crippen LogP contribution in [0.15, 0.2) is 85.1 Å². The number of imide groups is 1. The van der Waals surface area contributed by atoms with Crippen molar-refractivity contribution in [3.63, 3.8) is 0 Å². The first-order valence-electron chi connectivity index (χ1n) is 13.0. The van der Waals surface area contributed by atoms with Crippen molar-refractivity contribution in [3.05, 3.63) is 107 Å². The first kappa shape index (κ1) is 25.5. The summed E-state index contributed by atoms with van der Waals surface area (Å²) >= 11 is 0. The summed E-state index contributed by atoms with van der Waals surface area (Å²) in [7, 11) is 1.29. The lowest BCUT2D eigenvalue weighted by Crippen LogP contribution is -2.57. The number of carbonyl (C=O) groups excluding carboxylic acids is 3. The van der Waals surface area contributed by atoms with Gasteiger partial charge >= 0.3 is 11.9 Å². The maximum Gasteiger partial charge on any atom is 0.337 e. The Morgan fingerprint density at radius 1 is 0.950 bits per heavy atom. The van der Waals surface area contributed by atoms with Crippen LogP contribution in [0, 0.1) is 11.8 Å². The van der Waals surface area contributed by atoms with E-state index in [0.717, 1.165) is 22.0 Å². The average molecular weight is 538 g/mol. The lowest BCUT2D eigenvalue weighted by atomic mass is 9.76. The van der Waals surface area contributed by atoms with Crippen molar-refractivity contribution in [1.82, 2.24) is 15.2 Å². The number of methoxy groups -OCH3 is 1. The molecule has 2 aliphatic heterocycles. The molecule has 202 valence electrons. The minimum Gasteiger partial charge on any atom is -0.480 e. The van der Waals surface area contributed by atoms with Crippen LogP contribution in [0.1, 0.15) is 33.1 Å². The number of hydrogen-bond acceptors (Lipinski definition) is 6. The molecule has 3 N–H and O–H groups in total. The van der Waals surface area contributed by atoms with Gasteiger partial charge in [-0.15, -0.1) is 0 Å². The second kappa shape index (κ2) is 9.77. The maximum atomic E-state index is 14.0. The molecule has 4 atom stereocenters. The number of aromatic nitrogens is 1. The number of para-hydroxylation sites is 1. The molecule has 4 aromatic rings. The van der Waals surface area contributed by atoms with Gasteiger partial charge in [-0.1, -0.05) is 60.7 Å². The number of nitrogens with one attached hydrogen (secondary N) is 2. The number of fused-ring (bicyclic) bond motifs is 2. The standard InChI is InChI=1S/C31H27N3O6/c1-40-29(37)20-13-11-19(12-14-20)26-24-25(28(36)34(27(24)35)17-18-7-3-2-4-8-18)31(33-26,30(38)39)15-21-16-32-23-10-6-5-9-22(21)23/h2-14,16,24-26,32-33H,15,17H2,1H3,(H,38,39). The van der Waals surface area contributed by atoms with Gasteiger partial charge in [0.1, 0.15) is 5.54 Å². The Kier molecular flexibility index (Phi) is 6.23. The van der Waals surface area contributed by atoms with Gasteiger partial charge in [-0.2, -0.15) is 0 Å². The van der Waals surface area contributed by atoms with E-state index in [1.54, 1.807) is 30.5 Å². The minimum atomic E-state index is -1.75. The van der Waals surface area contributed by atoms with Crippen molar-refractivity contribution in [3.8, 4) is 0 Å². The monoisotopic (exact) mass is 537 g/mol. The Hall–Kier alpha value is -4.76. The Labute approximate surface area is 229 Å². The van der Waals surface area contributed by atoms with Gasteiger partial charge in [-0.3, -0.25) is 24.6 Å². The number of benzene rings is 3. The highest BCUT2D eigenvalue weighted by atomic mass is 16.5. The number of amides is 2. The van der Waals surface area contributed by atoms with Gasteiger partial charge in [0.2, 0.25) is 11.8 Å². The van der Waals surface area contributed by atoms with E-state index in [2.05, 4.69) is 10.3 Å². The summed E-state index contributed by atoms with van der Waals surface area (Å²) in [5, 5.41) is 14.8. The number of aromatic amines is 1. The molecule has 2 saturated heterocycles. The molecule has 0 aliphatic carbocycles. The van der Waals surface area contributed by atoms with E-state index >= 15 is 0 Å². The number of H-pyrrole nitrogens is 1. The summed E-state index contributed by atoms with van der Waals surface area (Å²) in [5.41, 5.74) is 1.53. The summed E-state index contributed by atoms with van der Waals surface area (Å²) in [6.45, 7) is 0.0578. The van der Waals surface area contributed by atoms with Crippen molar-refractivity contribution in [2.24, 2.45) is 11.8 Å². The quantitative estimate of drug-likeness (QED) is 0.243. The molecule has 0 saturated carbocycles. The highest BCUT2D eigenvalue weighted by Gasteiger charge is 2.68. The number of carboxylic acids is 1. The molecule has 9 heteroatoms. The van der Waals surface area contributed by atoms with Gasteiger partial charge in [0.05, 0.1) is 31.1 Å². The van der Waals surface area contributed by atoms with Crippen LogP contribution in [0.4, 0.5) is 0 Å². The molecule has 0 spiro atoms. The summed E-state index contributed by atoms with van der Waals surface area (Å²) in [4.78, 5) is 57.5. The molecular weight excluding hydrogens is 510 g/mol. The van der Waals surface area contributed by atoms with Crippen LogP contribution in [-0.4, -0.2) is 51.4 Å². The van der Waals surface area contributed by atoms with Crippen LogP contribution in [0.3, 0.4) is 0 Å². The predicted octanol–water partition coefficient (Wildman–Crippen LogP) is 3.47. The van der Waals surface area contributed by atoms with E-state index in [1.807, 2.05) is 54.6 Å². The highest BCUT2D eigenvalue weighted by Crippen LogP contribution is 2.50. The van der Waals surface area contributed by atoms with Crippen LogP contribution >= 0.6 is 0 Å². The fourth-order valence-corrected chi connectivity index (χ4v) is 6.23. The van der Waals surface area contributed by atoms with E-state index in [9.17, 15) is 24.3 Å². The summed E-state index contributed by atoms with van der Waals surface area (Å²) < 4.78 is 4.79. The second-order valence-corrected chi connectivity index (χ2v) is 10.3. The largest absolute Gasteiger partial charge is 0.480 e. The molecule has 6 rings (SSSR count). The van der Waals surface area contributed by atoms with Gasteiger partial charge < -0.3 is 14.8 Å². The first-order valence-corrected chi connectivity index (χ1v) is 13.0. The fraction of sp³-hybridized carbons (Fsp3) is 0.226. The molecule has 2 amide bonds. The molecule has 0 bridgehead atoms. The van der Waals surface area contributed by atoms with Crippen molar-refractivity contribution >= 4 is 34.7 Å². The number of nitrogens with zero attached hydrogens (tertiary/aromatic N) is 1. The zero-order valence-corrected chi connectivity index (χ0v) is 21.7. The van der Waals surface area contributed by atoms with Crippen LogP contribution in [0.5, 0.6) is 0 Å². The number of likely N-dealkylation sites (tertiary alicyclic amines) is 1. The van der Waals surface area contributed by atoms with Gasteiger partial charge in [0.15, 0.2) is 0 Å². The molecule has 3 heterocycles. The summed E-state index contributed by atoms with van der Waals surface area (Å²) in [6, 6.07) is 22.4. The third-order valence-corrected chi connectivity index (χ3v) is 8.15. The number of hydrogen-bond donors (Lipinski definition) is 3. The average Bonchev–Trinajstić information content (AvgIpc) is 3.62. The SMILES string of the molecule is COC(=O)c1ccc(C2NC(Cc3c[nH]c4ccccc34)(C(=O)O)C3C(=O)N(Cc4ccccc4)C(=O)C23)cc1. The van der Waals surface area contributed by atoms with Crippen molar-refractivity contribution in [2.75, 3.05) is 7.11 Å². The maximum absolute atomic E-state index is 14.0. The Balaban J connectivity index is 1.45. The number of aliphatic carboxylic acids is 1. The molecule has 2 fully saturated rings. The van der Waals surface area contributed by atoms with E-state index in [4.69, 9.17) is 4.74 Å². The molecule has 2 aliphatic rings. The normalized spacial score (nSPS) is 23.9. The van der Waals surface area contributed by atoms with Gasteiger partial charge in [-0.25, -0.2) is 4.79 Å². The van der Waals surface area contributed by atoms with E-state index in [-0.39, 0.29) is 13.0 Å². The van der Waals surface area contributed by atoms with E-state index in [1.165, 1.54) is 12.0 Å². The third-order valence-electron chi connectivity index (χ3n) is 8.15. The van der Waals surface area contributed by atoms with Crippen LogP contribution in [0.25, 0.3) is 10.9 Å². The van der Waals surface area contributed by atoms with Crippen LogP contribution < -0.4 is 5.32 Å². The molecule has 3 aromatic carbocycles. The molecule has 9 nitrogen and oxygen atoms in total. The van der Waals surface area contributed by atoms with Crippen LogP contribution in [0.2, 0.25) is 0 Å². The predicted molar refractivity (Wildman–Crippen MR) is 145 cm³/mol. The van der Waals surface area contributed by atoms with Crippen molar-refractivity contribution in [2.45, 2.75) is 24.5 Å². The number of carbonyl (C=O) groups is 4. The molecule has 40 heavy (non-hydrogen) atoms. The summed E-state index contributed by atoms with van der Waals surface area (Å²) in [6.07, 6.45) is 1.75. The highest BCUT2D eigenvalue weighted by molar-refractivity contribution is 6.09. The third kappa shape index (κ3) is 3.97. The number of carboxylic acid groups (broad SMARTS) is 1. The number of esters is 1. The zero-order valence-electron chi connectivity index (χ0n) is 21.7. The van der Waals surface area contributed by atoms with E-state index < -0.39 is 47.2 Å². The van der Waals surface area contributed by atoms with Crippen molar-refractivity contribution in [1.29, 1.82) is 0 Å². The Morgan fingerprint density at radius 3 is 2.35 bits per heavy atom. The molecule has 0 radical (unpaired) electrons. The number of ether oxygens (including phenoxy) is 1. The van der Waals surface area contributed by atoms with Gasteiger partial charge in [-0.05, 0) is 34.9 Å². The van der Waals surface area contributed by atoms with Crippen molar-refractivity contribution < 1.29 is 29.0 Å². The lowest BCUT2D eigenvalue weighted by Gasteiger charge is -2.31. The molecule has 1 aromatic heterocycles. The Morgan fingerprint density at radius 2 is 1.65 bits per heavy atom. The smallest absolute Gasteiger partial charge is 0.337 e.